The Morgan fingerprint density at radius 1 is 1.00 bits per heavy atom. The molecule has 0 aliphatic rings. The van der Waals surface area contributed by atoms with Crippen LogP contribution in [0, 0.1) is 0 Å². The summed E-state index contributed by atoms with van der Waals surface area (Å²) in [6, 6.07) is 15.5. The number of nitrogens with one attached hydrogen (secondary N) is 2. The van der Waals surface area contributed by atoms with Crippen LogP contribution in [0.1, 0.15) is 27.0 Å². The van der Waals surface area contributed by atoms with Crippen molar-refractivity contribution in [1.29, 1.82) is 0 Å². The van der Waals surface area contributed by atoms with Crippen molar-refractivity contribution in [2.24, 2.45) is 0 Å². The molecule has 0 atom stereocenters. The second kappa shape index (κ2) is 9.51. The van der Waals surface area contributed by atoms with Gasteiger partial charge in [0.15, 0.2) is 0 Å². The second-order valence-electron chi connectivity index (χ2n) is 7.15. The van der Waals surface area contributed by atoms with Gasteiger partial charge in [0, 0.05) is 18.4 Å². The van der Waals surface area contributed by atoms with Crippen LogP contribution in [0.4, 0.5) is 24.7 Å². The van der Waals surface area contributed by atoms with Gasteiger partial charge in [0.25, 0.3) is 5.91 Å². The summed E-state index contributed by atoms with van der Waals surface area (Å²) in [4.78, 5) is 21.0. The van der Waals surface area contributed by atoms with E-state index in [1.807, 2.05) is 24.3 Å². The molecule has 0 radical (unpaired) electrons. The van der Waals surface area contributed by atoms with Gasteiger partial charge in [-0.25, -0.2) is 14.6 Å². The van der Waals surface area contributed by atoms with Crippen molar-refractivity contribution in [3.05, 3.63) is 102 Å². The van der Waals surface area contributed by atoms with Crippen molar-refractivity contribution >= 4 is 17.4 Å². The highest BCUT2D eigenvalue weighted by atomic mass is 19.4. The second-order valence-corrected chi connectivity index (χ2v) is 7.15. The Hall–Kier alpha value is -4.21. The molecule has 4 aromatic rings. The third kappa shape index (κ3) is 5.53. The van der Waals surface area contributed by atoms with Gasteiger partial charge in [-0.15, -0.1) is 0 Å². The normalized spacial score (nSPS) is 11.2. The lowest BCUT2D eigenvalue weighted by Crippen LogP contribution is -2.24. The summed E-state index contributed by atoms with van der Waals surface area (Å²) < 4.78 is 40.7. The number of amides is 1. The maximum atomic E-state index is 13.0. The fourth-order valence-electron chi connectivity index (χ4n) is 3.24. The highest BCUT2D eigenvalue weighted by Gasteiger charge is 2.30. The van der Waals surface area contributed by atoms with Crippen LogP contribution in [0.2, 0.25) is 0 Å². The lowest BCUT2D eigenvalue weighted by atomic mass is 10.1. The lowest BCUT2D eigenvalue weighted by molar-refractivity contribution is -0.137. The van der Waals surface area contributed by atoms with Gasteiger partial charge in [-0.2, -0.15) is 18.3 Å². The molecule has 0 aliphatic heterocycles. The molecule has 2 aromatic carbocycles. The first-order chi connectivity index (χ1) is 15.9. The van der Waals surface area contributed by atoms with Crippen molar-refractivity contribution in [2.45, 2.75) is 19.3 Å². The summed E-state index contributed by atoms with van der Waals surface area (Å²) in [6.07, 6.45) is 0.0459. The van der Waals surface area contributed by atoms with Crippen LogP contribution in [0.25, 0.3) is 0 Å². The van der Waals surface area contributed by atoms with Gasteiger partial charge in [-0.1, -0.05) is 30.3 Å². The zero-order chi connectivity index (χ0) is 23.3. The number of nitrogens with zero attached hydrogens (tertiary/aromatic N) is 4. The predicted molar refractivity (Wildman–Crippen MR) is 116 cm³/mol. The van der Waals surface area contributed by atoms with E-state index >= 15 is 0 Å². The molecule has 2 N–H and O–H groups in total. The zero-order valence-corrected chi connectivity index (χ0v) is 17.3. The number of carbonyl (C=O) groups excluding carboxylic acids is 1. The average Bonchev–Trinajstić information content (AvgIpc) is 3.31. The monoisotopic (exact) mass is 452 g/mol. The number of benzene rings is 2. The number of rotatable bonds is 7. The molecule has 4 rings (SSSR count). The first kappa shape index (κ1) is 22.0. The SMILES string of the molecule is O=C(NCc1ccccc1Cn1cncn1)c1cccnc1Nc1cccc(C(F)(F)F)c1. The van der Waals surface area contributed by atoms with E-state index in [9.17, 15) is 18.0 Å². The van der Waals surface area contributed by atoms with Gasteiger partial charge in [0.1, 0.15) is 18.5 Å². The van der Waals surface area contributed by atoms with Crippen LogP contribution in [-0.2, 0) is 19.3 Å². The van der Waals surface area contributed by atoms with Crippen LogP contribution in [0.15, 0.2) is 79.5 Å². The van der Waals surface area contributed by atoms with E-state index in [1.54, 1.807) is 23.1 Å². The molecule has 0 aliphatic carbocycles. The summed E-state index contributed by atoms with van der Waals surface area (Å²) in [5.74, 6) is -0.252. The highest BCUT2D eigenvalue weighted by Crippen LogP contribution is 2.31. The Morgan fingerprint density at radius 2 is 1.82 bits per heavy atom. The molecule has 0 saturated heterocycles. The quantitative estimate of drug-likeness (QED) is 0.434. The van der Waals surface area contributed by atoms with Gasteiger partial charge in [0.05, 0.1) is 17.7 Å². The maximum Gasteiger partial charge on any atom is 0.416 e. The minimum atomic E-state index is -4.47. The number of anilines is 2. The standard InChI is InChI=1S/C23H19F3N6O/c24-23(25,26)18-7-3-8-19(11-18)31-21-20(9-4-10-28-21)22(33)29-12-16-5-1-2-6-17(16)13-32-15-27-14-30-32/h1-11,14-15H,12-13H2,(H,28,31)(H,29,33). The van der Waals surface area contributed by atoms with E-state index in [4.69, 9.17) is 0 Å². The van der Waals surface area contributed by atoms with Crippen LogP contribution < -0.4 is 10.6 Å². The predicted octanol–water partition coefficient (Wildman–Crippen LogP) is 4.41. The van der Waals surface area contributed by atoms with E-state index in [2.05, 4.69) is 25.7 Å². The fourth-order valence-corrected chi connectivity index (χ4v) is 3.24. The summed E-state index contributed by atoms with van der Waals surface area (Å²) in [7, 11) is 0. The topological polar surface area (TPSA) is 84.7 Å². The Morgan fingerprint density at radius 3 is 2.58 bits per heavy atom. The van der Waals surface area contributed by atoms with Crippen LogP contribution in [0.3, 0.4) is 0 Å². The molecule has 2 aromatic heterocycles. The minimum absolute atomic E-state index is 0.158. The summed E-state index contributed by atoms with van der Waals surface area (Å²) >= 11 is 0. The molecular formula is C23H19F3N6O. The minimum Gasteiger partial charge on any atom is -0.348 e. The van der Waals surface area contributed by atoms with E-state index < -0.39 is 17.6 Å². The number of carbonyl (C=O) groups is 1. The van der Waals surface area contributed by atoms with Crippen LogP contribution in [0.5, 0.6) is 0 Å². The van der Waals surface area contributed by atoms with Gasteiger partial charge in [0.2, 0.25) is 0 Å². The molecule has 2 heterocycles. The Kier molecular flexibility index (Phi) is 6.34. The van der Waals surface area contributed by atoms with Crippen molar-refractivity contribution in [3.8, 4) is 0 Å². The van der Waals surface area contributed by atoms with Crippen molar-refractivity contribution < 1.29 is 18.0 Å². The molecule has 0 bridgehead atoms. The van der Waals surface area contributed by atoms with Crippen LogP contribution >= 0.6 is 0 Å². The smallest absolute Gasteiger partial charge is 0.348 e. The van der Waals surface area contributed by atoms with Crippen molar-refractivity contribution in [3.63, 3.8) is 0 Å². The molecule has 7 nitrogen and oxygen atoms in total. The molecule has 0 fully saturated rings. The summed E-state index contributed by atoms with van der Waals surface area (Å²) in [5.41, 5.74) is 1.47. The van der Waals surface area contributed by atoms with Gasteiger partial charge in [-0.05, 0) is 41.5 Å². The number of pyridine rings is 1. The number of hydrogen-bond acceptors (Lipinski definition) is 5. The fraction of sp³-hybridized carbons (Fsp3) is 0.130. The Labute approximate surface area is 187 Å². The van der Waals surface area contributed by atoms with Crippen LogP contribution in [-0.4, -0.2) is 25.7 Å². The largest absolute Gasteiger partial charge is 0.416 e. The first-order valence-corrected chi connectivity index (χ1v) is 9.97. The zero-order valence-electron chi connectivity index (χ0n) is 17.3. The molecule has 1 amide bonds. The number of halogens is 3. The molecule has 0 unspecified atom stereocenters. The van der Waals surface area contributed by atoms with Gasteiger partial charge < -0.3 is 10.6 Å². The third-order valence-corrected chi connectivity index (χ3v) is 4.86. The molecule has 33 heavy (non-hydrogen) atoms. The molecule has 0 saturated carbocycles. The van der Waals surface area contributed by atoms with Crippen molar-refractivity contribution in [2.75, 3.05) is 5.32 Å². The number of alkyl halides is 3. The van der Waals surface area contributed by atoms with E-state index in [-0.39, 0.29) is 23.6 Å². The molecule has 0 spiro atoms. The van der Waals surface area contributed by atoms with E-state index in [1.165, 1.54) is 24.7 Å². The van der Waals surface area contributed by atoms with Gasteiger partial charge >= 0.3 is 6.18 Å². The molecule has 168 valence electrons. The number of hydrogen-bond donors (Lipinski definition) is 2. The lowest BCUT2D eigenvalue weighted by Gasteiger charge is -2.14. The average molecular weight is 452 g/mol. The first-order valence-electron chi connectivity index (χ1n) is 9.97. The summed E-state index contributed by atoms with van der Waals surface area (Å²) in [5, 5.41) is 9.77. The van der Waals surface area contributed by atoms with Gasteiger partial charge in [-0.3, -0.25) is 4.79 Å². The Balaban J connectivity index is 1.49. The molecular weight excluding hydrogens is 433 g/mol. The van der Waals surface area contributed by atoms with Crippen molar-refractivity contribution in [1.82, 2.24) is 25.1 Å². The Bertz CT molecular complexity index is 1240. The number of aromatic nitrogens is 4. The van der Waals surface area contributed by atoms with E-state index in [0.717, 1.165) is 23.3 Å². The third-order valence-electron chi connectivity index (χ3n) is 4.86. The summed E-state index contributed by atoms with van der Waals surface area (Å²) in [6.45, 7) is 0.753. The van der Waals surface area contributed by atoms with E-state index in [0.29, 0.717) is 6.54 Å². The maximum absolute atomic E-state index is 13.0. The highest BCUT2D eigenvalue weighted by molar-refractivity contribution is 5.99. The molecule has 10 heteroatoms.